The molecule has 78 valence electrons. The predicted octanol–water partition coefficient (Wildman–Crippen LogP) is 2.71. The second-order valence-electron chi connectivity index (χ2n) is 3.48. The van der Waals surface area contributed by atoms with Crippen molar-refractivity contribution in [2.24, 2.45) is 0 Å². The molecule has 0 aliphatic heterocycles. The lowest BCUT2D eigenvalue weighted by molar-refractivity contribution is 0.369. The van der Waals surface area contributed by atoms with Gasteiger partial charge in [0.25, 0.3) is 0 Å². The molecule has 0 atom stereocenters. The molecular formula is C11H17NS2. The maximum atomic E-state index is 4.19. The van der Waals surface area contributed by atoms with E-state index in [1.807, 2.05) is 11.3 Å². The van der Waals surface area contributed by atoms with Gasteiger partial charge in [-0.2, -0.15) is 12.6 Å². The standard InChI is InChI=1S/C11H17NS2/c1-10(9-13)8-12(2)6-5-11-4-3-7-14-11/h3-4,7,13H,1,5-6,8-9H2,2H3. The number of likely N-dealkylation sites (N-methyl/N-ethyl adjacent to an activating group) is 1. The fraction of sp³-hybridized carbons (Fsp3) is 0.455. The average Bonchev–Trinajstić information content (AvgIpc) is 2.67. The molecule has 0 fully saturated rings. The molecule has 1 aromatic rings. The van der Waals surface area contributed by atoms with E-state index in [2.05, 4.69) is 48.7 Å². The number of hydrogen-bond donors (Lipinski definition) is 1. The number of nitrogens with zero attached hydrogens (tertiary/aromatic N) is 1. The summed E-state index contributed by atoms with van der Waals surface area (Å²) in [6.45, 7) is 5.99. The number of hydrogen-bond acceptors (Lipinski definition) is 3. The van der Waals surface area contributed by atoms with E-state index >= 15 is 0 Å². The van der Waals surface area contributed by atoms with E-state index in [-0.39, 0.29) is 0 Å². The second kappa shape index (κ2) is 6.27. The molecule has 0 saturated heterocycles. The van der Waals surface area contributed by atoms with Crippen molar-refractivity contribution in [1.82, 2.24) is 4.90 Å². The van der Waals surface area contributed by atoms with E-state index in [1.54, 1.807) is 0 Å². The number of rotatable bonds is 6. The van der Waals surface area contributed by atoms with Crippen molar-refractivity contribution in [3.05, 3.63) is 34.5 Å². The molecule has 0 spiro atoms. The summed E-state index contributed by atoms with van der Waals surface area (Å²) in [6.07, 6.45) is 1.13. The molecular weight excluding hydrogens is 210 g/mol. The fourth-order valence-electron chi connectivity index (χ4n) is 1.27. The highest BCUT2D eigenvalue weighted by Gasteiger charge is 2.01. The summed E-state index contributed by atoms with van der Waals surface area (Å²) in [5.74, 6) is 0.781. The van der Waals surface area contributed by atoms with Crippen LogP contribution in [0.2, 0.25) is 0 Å². The van der Waals surface area contributed by atoms with Crippen LogP contribution in [0.5, 0.6) is 0 Å². The van der Waals surface area contributed by atoms with Gasteiger partial charge in [-0.25, -0.2) is 0 Å². The van der Waals surface area contributed by atoms with E-state index in [0.29, 0.717) is 0 Å². The molecule has 0 radical (unpaired) electrons. The van der Waals surface area contributed by atoms with E-state index in [0.717, 1.165) is 25.3 Å². The zero-order valence-corrected chi connectivity index (χ0v) is 10.3. The lowest BCUT2D eigenvalue weighted by atomic mass is 10.3. The Balaban J connectivity index is 2.21. The van der Waals surface area contributed by atoms with Crippen molar-refractivity contribution in [1.29, 1.82) is 0 Å². The van der Waals surface area contributed by atoms with Crippen LogP contribution in [-0.4, -0.2) is 30.8 Å². The molecule has 0 N–H and O–H groups in total. The van der Waals surface area contributed by atoms with Crippen LogP contribution in [0.15, 0.2) is 29.7 Å². The van der Waals surface area contributed by atoms with E-state index in [9.17, 15) is 0 Å². The van der Waals surface area contributed by atoms with Gasteiger partial charge in [-0.1, -0.05) is 18.2 Å². The molecule has 0 unspecified atom stereocenters. The van der Waals surface area contributed by atoms with Crippen molar-refractivity contribution >= 4 is 24.0 Å². The van der Waals surface area contributed by atoms with E-state index in [4.69, 9.17) is 0 Å². The van der Waals surface area contributed by atoms with Gasteiger partial charge in [0.05, 0.1) is 0 Å². The number of thiol groups is 1. The molecule has 14 heavy (non-hydrogen) atoms. The average molecular weight is 227 g/mol. The molecule has 0 aromatic carbocycles. The minimum absolute atomic E-state index is 0.781. The van der Waals surface area contributed by atoms with Gasteiger partial charge in [-0.3, -0.25) is 0 Å². The van der Waals surface area contributed by atoms with Crippen LogP contribution in [-0.2, 0) is 6.42 Å². The van der Waals surface area contributed by atoms with Gasteiger partial charge < -0.3 is 4.90 Å². The van der Waals surface area contributed by atoms with Crippen molar-refractivity contribution in [3.63, 3.8) is 0 Å². The van der Waals surface area contributed by atoms with Crippen molar-refractivity contribution in [3.8, 4) is 0 Å². The van der Waals surface area contributed by atoms with Gasteiger partial charge in [-0.05, 0) is 24.9 Å². The molecule has 1 rings (SSSR count). The van der Waals surface area contributed by atoms with Crippen LogP contribution >= 0.6 is 24.0 Å². The van der Waals surface area contributed by atoms with Crippen LogP contribution in [0, 0.1) is 0 Å². The van der Waals surface area contributed by atoms with E-state index < -0.39 is 0 Å². The molecule has 0 saturated carbocycles. The summed E-state index contributed by atoms with van der Waals surface area (Å²) in [5.41, 5.74) is 1.18. The van der Waals surface area contributed by atoms with Gasteiger partial charge in [0, 0.05) is 23.7 Å². The third kappa shape index (κ3) is 4.31. The molecule has 0 bridgehead atoms. The third-order valence-corrected chi connectivity index (χ3v) is 3.42. The van der Waals surface area contributed by atoms with Gasteiger partial charge in [0.1, 0.15) is 0 Å². The zero-order valence-electron chi connectivity index (χ0n) is 8.57. The summed E-state index contributed by atoms with van der Waals surface area (Å²) < 4.78 is 0. The molecule has 1 aromatic heterocycles. The van der Waals surface area contributed by atoms with Crippen molar-refractivity contribution < 1.29 is 0 Å². The first kappa shape index (κ1) is 11.8. The first-order chi connectivity index (χ1) is 6.72. The predicted molar refractivity (Wildman–Crippen MR) is 68.5 cm³/mol. The maximum Gasteiger partial charge on any atom is 0.0195 e. The molecule has 1 nitrogen and oxygen atoms in total. The Hall–Kier alpha value is -0.250. The highest BCUT2D eigenvalue weighted by Crippen LogP contribution is 2.09. The topological polar surface area (TPSA) is 3.24 Å². The molecule has 1 heterocycles. The summed E-state index contributed by atoms with van der Waals surface area (Å²) in [4.78, 5) is 3.74. The maximum absolute atomic E-state index is 4.19. The Bertz CT molecular complexity index is 267. The lowest BCUT2D eigenvalue weighted by Crippen LogP contribution is -2.23. The third-order valence-electron chi connectivity index (χ3n) is 2.04. The largest absolute Gasteiger partial charge is 0.302 e. The second-order valence-corrected chi connectivity index (χ2v) is 4.82. The first-order valence-corrected chi connectivity index (χ1v) is 6.22. The number of thiophene rings is 1. The van der Waals surface area contributed by atoms with E-state index in [1.165, 1.54) is 10.5 Å². The Morgan fingerprint density at radius 1 is 1.64 bits per heavy atom. The summed E-state index contributed by atoms with van der Waals surface area (Å²) in [6, 6.07) is 4.29. The summed E-state index contributed by atoms with van der Waals surface area (Å²) >= 11 is 6.02. The van der Waals surface area contributed by atoms with Gasteiger partial charge in [-0.15, -0.1) is 11.3 Å². The smallest absolute Gasteiger partial charge is 0.0195 e. The van der Waals surface area contributed by atoms with Crippen LogP contribution in [0.25, 0.3) is 0 Å². The summed E-state index contributed by atoms with van der Waals surface area (Å²) in [7, 11) is 2.13. The molecule has 0 amide bonds. The first-order valence-electron chi connectivity index (χ1n) is 4.71. The molecule has 3 heteroatoms. The fourth-order valence-corrected chi connectivity index (χ4v) is 2.06. The van der Waals surface area contributed by atoms with Crippen LogP contribution < -0.4 is 0 Å². The van der Waals surface area contributed by atoms with Gasteiger partial charge in [0.15, 0.2) is 0 Å². The lowest BCUT2D eigenvalue weighted by Gasteiger charge is -2.16. The Morgan fingerprint density at radius 3 is 3.00 bits per heavy atom. The van der Waals surface area contributed by atoms with Crippen LogP contribution in [0.3, 0.4) is 0 Å². The minimum atomic E-state index is 0.781. The highest BCUT2D eigenvalue weighted by molar-refractivity contribution is 7.80. The van der Waals surface area contributed by atoms with Crippen LogP contribution in [0.1, 0.15) is 4.88 Å². The Morgan fingerprint density at radius 2 is 2.43 bits per heavy atom. The zero-order chi connectivity index (χ0) is 10.4. The summed E-state index contributed by atoms with van der Waals surface area (Å²) in [5, 5.41) is 2.13. The Kier molecular flexibility index (Phi) is 5.30. The van der Waals surface area contributed by atoms with Gasteiger partial charge >= 0.3 is 0 Å². The SMILES string of the molecule is C=C(CS)CN(C)CCc1cccs1. The normalized spacial score (nSPS) is 10.8. The molecule has 0 aliphatic carbocycles. The Labute approximate surface area is 95.9 Å². The van der Waals surface area contributed by atoms with Crippen molar-refractivity contribution in [2.75, 3.05) is 25.9 Å². The van der Waals surface area contributed by atoms with Crippen LogP contribution in [0.4, 0.5) is 0 Å². The molecule has 0 aliphatic rings. The highest BCUT2D eigenvalue weighted by atomic mass is 32.1. The monoisotopic (exact) mass is 227 g/mol. The quantitative estimate of drug-likeness (QED) is 0.578. The van der Waals surface area contributed by atoms with Crippen molar-refractivity contribution in [2.45, 2.75) is 6.42 Å². The minimum Gasteiger partial charge on any atom is -0.302 e. The van der Waals surface area contributed by atoms with Gasteiger partial charge in [0.2, 0.25) is 0 Å².